The number of fused-ring (bicyclic) bond motifs is 1. The van der Waals surface area contributed by atoms with E-state index in [1.54, 1.807) is 18.2 Å². The van der Waals surface area contributed by atoms with Gasteiger partial charge in [0, 0.05) is 11.3 Å². The van der Waals surface area contributed by atoms with Crippen LogP contribution in [0.1, 0.15) is 43.5 Å². The second-order valence-electron chi connectivity index (χ2n) is 4.46. The molecule has 0 atom stereocenters. The third-order valence-electron chi connectivity index (χ3n) is 2.88. The Hall–Kier alpha value is -2.04. The zero-order valence-corrected chi connectivity index (χ0v) is 11.2. The predicted molar refractivity (Wildman–Crippen MR) is 72.7 cm³/mol. The highest BCUT2D eigenvalue weighted by Gasteiger charge is 2.15. The summed E-state index contributed by atoms with van der Waals surface area (Å²) >= 11 is 0. The normalized spacial score (nSPS) is 13.5. The van der Waals surface area contributed by atoms with Crippen LogP contribution in [0.2, 0.25) is 0 Å². The van der Waals surface area contributed by atoms with Crippen molar-refractivity contribution in [2.24, 2.45) is 5.10 Å². The highest BCUT2D eigenvalue weighted by atomic mass is 16.7. The van der Waals surface area contributed by atoms with E-state index in [1.165, 1.54) is 0 Å². The van der Waals surface area contributed by atoms with Crippen molar-refractivity contribution < 1.29 is 14.3 Å². The summed E-state index contributed by atoms with van der Waals surface area (Å²) in [7, 11) is 0. The molecule has 0 aromatic heterocycles. The minimum absolute atomic E-state index is 0.203. The summed E-state index contributed by atoms with van der Waals surface area (Å²) in [5, 5.41) is 4.08. The maximum Gasteiger partial charge on any atom is 0.271 e. The van der Waals surface area contributed by atoms with Crippen LogP contribution in [0, 0.1) is 0 Å². The minimum Gasteiger partial charge on any atom is -0.454 e. The first-order valence-electron chi connectivity index (χ1n) is 6.44. The van der Waals surface area contributed by atoms with Gasteiger partial charge in [-0.1, -0.05) is 13.3 Å². The Labute approximate surface area is 112 Å². The lowest BCUT2D eigenvalue weighted by Crippen LogP contribution is -2.19. The van der Waals surface area contributed by atoms with E-state index in [2.05, 4.69) is 17.5 Å². The molecule has 0 radical (unpaired) electrons. The third kappa shape index (κ3) is 3.47. The first kappa shape index (κ1) is 13.4. The lowest BCUT2D eigenvalue weighted by Gasteiger charge is -2.03. The van der Waals surface area contributed by atoms with E-state index < -0.39 is 0 Å². The maximum absolute atomic E-state index is 11.9. The van der Waals surface area contributed by atoms with Crippen LogP contribution in [0.4, 0.5) is 0 Å². The number of carbonyl (C=O) groups is 1. The van der Waals surface area contributed by atoms with Crippen molar-refractivity contribution in [3.63, 3.8) is 0 Å². The van der Waals surface area contributed by atoms with Crippen molar-refractivity contribution >= 4 is 11.6 Å². The van der Waals surface area contributed by atoms with E-state index in [9.17, 15) is 4.79 Å². The lowest BCUT2D eigenvalue weighted by molar-refractivity contribution is 0.0954. The molecular weight excluding hydrogens is 244 g/mol. The fourth-order valence-electron chi connectivity index (χ4n) is 1.74. The molecule has 1 N–H and O–H groups in total. The van der Waals surface area contributed by atoms with Gasteiger partial charge in [-0.3, -0.25) is 4.79 Å². The number of hydrogen-bond acceptors (Lipinski definition) is 4. The van der Waals surface area contributed by atoms with Gasteiger partial charge in [0.25, 0.3) is 5.91 Å². The maximum atomic E-state index is 11.9. The molecular formula is C14H18N2O3. The fourth-order valence-corrected chi connectivity index (χ4v) is 1.74. The average Bonchev–Trinajstić information content (AvgIpc) is 2.89. The summed E-state index contributed by atoms with van der Waals surface area (Å²) in [6.45, 7) is 4.24. The molecule has 1 amide bonds. The summed E-state index contributed by atoms with van der Waals surface area (Å²) in [6.07, 6.45) is 3.09. The van der Waals surface area contributed by atoms with Crippen molar-refractivity contribution in [3.8, 4) is 11.5 Å². The topological polar surface area (TPSA) is 59.9 Å². The number of carbonyl (C=O) groups excluding carboxylic acids is 1. The number of unbranched alkanes of at least 4 members (excludes halogenated alkanes) is 1. The van der Waals surface area contributed by atoms with Gasteiger partial charge in [-0.25, -0.2) is 5.43 Å². The first-order valence-corrected chi connectivity index (χ1v) is 6.44. The molecule has 0 aliphatic carbocycles. The van der Waals surface area contributed by atoms with Crippen LogP contribution in [-0.2, 0) is 0 Å². The van der Waals surface area contributed by atoms with Gasteiger partial charge in [-0.15, -0.1) is 0 Å². The molecule has 0 spiro atoms. The van der Waals surface area contributed by atoms with Gasteiger partial charge in [0.2, 0.25) is 6.79 Å². The highest BCUT2D eigenvalue weighted by molar-refractivity contribution is 5.95. The van der Waals surface area contributed by atoms with E-state index in [0.717, 1.165) is 25.0 Å². The number of hydrogen-bond donors (Lipinski definition) is 1. The number of nitrogens with zero attached hydrogens (tertiary/aromatic N) is 1. The Morgan fingerprint density at radius 2 is 2.16 bits per heavy atom. The fraction of sp³-hybridized carbons (Fsp3) is 0.429. The second kappa shape index (κ2) is 6.22. The molecule has 0 fully saturated rings. The average molecular weight is 262 g/mol. The van der Waals surface area contributed by atoms with E-state index in [1.807, 2.05) is 6.92 Å². The van der Waals surface area contributed by atoms with Gasteiger partial charge in [0.1, 0.15) is 0 Å². The highest BCUT2D eigenvalue weighted by Crippen LogP contribution is 2.32. The Morgan fingerprint density at radius 1 is 1.37 bits per heavy atom. The molecule has 102 valence electrons. The number of benzene rings is 1. The van der Waals surface area contributed by atoms with Crippen LogP contribution in [0.5, 0.6) is 11.5 Å². The molecule has 2 rings (SSSR count). The Kier molecular flexibility index (Phi) is 4.39. The Bertz CT molecular complexity index is 497. The Morgan fingerprint density at radius 3 is 2.95 bits per heavy atom. The molecule has 1 heterocycles. The number of nitrogens with one attached hydrogen (secondary N) is 1. The van der Waals surface area contributed by atoms with Gasteiger partial charge in [-0.05, 0) is 38.0 Å². The molecule has 0 bridgehead atoms. The minimum atomic E-state index is -0.242. The predicted octanol–water partition coefficient (Wildman–Crippen LogP) is 2.71. The number of amides is 1. The molecule has 1 aromatic carbocycles. The van der Waals surface area contributed by atoms with Gasteiger partial charge in [0.05, 0.1) is 0 Å². The van der Waals surface area contributed by atoms with Crippen LogP contribution in [0.15, 0.2) is 23.3 Å². The quantitative estimate of drug-likeness (QED) is 0.655. The van der Waals surface area contributed by atoms with Crippen LogP contribution in [-0.4, -0.2) is 18.4 Å². The molecule has 5 heteroatoms. The molecule has 1 aromatic rings. The van der Waals surface area contributed by atoms with Crippen molar-refractivity contribution in [1.29, 1.82) is 0 Å². The van der Waals surface area contributed by atoms with Crippen LogP contribution < -0.4 is 14.9 Å². The monoisotopic (exact) mass is 262 g/mol. The summed E-state index contributed by atoms with van der Waals surface area (Å²) in [4.78, 5) is 11.9. The number of rotatable bonds is 5. The molecule has 5 nitrogen and oxygen atoms in total. The SMILES string of the molecule is CCCC/C(C)=N\NC(=O)c1ccc2c(c1)OCO2. The molecule has 0 saturated carbocycles. The molecule has 0 saturated heterocycles. The van der Waals surface area contributed by atoms with E-state index in [4.69, 9.17) is 9.47 Å². The Balaban J connectivity index is 1.96. The van der Waals surface area contributed by atoms with E-state index in [0.29, 0.717) is 17.1 Å². The zero-order chi connectivity index (χ0) is 13.7. The van der Waals surface area contributed by atoms with Crippen molar-refractivity contribution in [2.75, 3.05) is 6.79 Å². The summed E-state index contributed by atoms with van der Waals surface area (Å²) < 4.78 is 10.4. The summed E-state index contributed by atoms with van der Waals surface area (Å²) in [5.41, 5.74) is 3.99. The molecule has 19 heavy (non-hydrogen) atoms. The lowest BCUT2D eigenvalue weighted by atomic mass is 10.2. The van der Waals surface area contributed by atoms with Gasteiger partial charge < -0.3 is 9.47 Å². The summed E-state index contributed by atoms with van der Waals surface area (Å²) in [6, 6.07) is 5.08. The number of ether oxygens (including phenoxy) is 2. The van der Waals surface area contributed by atoms with Crippen LogP contribution in [0.25, 0.3) is 0 Å². The van der Waals surface area contributed by atoms with E-state index >= 15 is 0 Å². The van der Waals surface area contributed by atoms with Gasteiger partial charge in [0.15, 0.2) is 11.5 Å². The van der Waals surface area contributed by atoms with Gasteiger partial charge >= 0.3 is 0 Å². The van der Waals surface area contributed by atoms with Crippen molar-refractivity contribution in [2.45, 2.75) is 33.1 Å². The first-order chi connectivity index (χ1) is 9.20. The van der Waals surface area contributed by atoms with Crippen molar-refractivity contribution in [1.82, 2.24) is 5.43 Å². The van der Waals surface area contributed by atoms with Crippen LogP contribution >= 0.6 is 0 Å². The third-order valence-corrected chi connectivity index (χ3v) is 2.88. The second-order valence-corrected chi connectivity index (χ2v) is 4.46. The summed E-state index contributed by atoms with van der Waals surface area (Å²) in [5.74, 6) is 1.02. The van der Waals surface area contributed by atoms with Crippen LogP contribution in [0.3, 0.4) is 0 Å². The zero-order valence-electron chi connectivity index (χ0n) is 11.2. The molecule has 1 aliphatic rings. The smallest absolute Gasteiger partial charge is 0.271 e. The molecule has 1 aliphatic heterocycles. The number of hydrazone groups is 1. The standard InChI is InChI=1S/C14H18N2O3/c1-3-4-5-10(2)15-16-14(17)11-6-7-12-13(8-11)19-9-18-12/h6-8H,3-5,9H2,1-2H3,(H,16,17)/b15-10-. The van der Waals surface area contributed by atoms with Gasteiger partial charge in [-0.2, -0.15) is 5.10 Å². The van der Waals surface area contributed by atoms with Crippen molar-refractivity contribution in [3.05, 3.63) is 23.8 Å². The van der Waals surface area contributed by atoms with E-state index in [-0.39, 0.29) is 12.7 Å². The largest absolute Gasteiger partial charge is 0.454 e. The molecule has 0 unspecified atom stereocenters.